The maximum absolute atomic E-state index is 10.2. The summed E-state index contributed by atoms with van der Waals surface area (Å²) < 4.78 is 0. The van der Waals surface area contributed by atoms with E-state index in [-0.39, 0.29) is 50.6 Å². The summed E-state index contributed by atoms with van der Waals surface area (Å²) in [5, 5.41) is 3.72. The van der Waals surface area contributed by atoms with Crippen LogP contribution in [-0.2, 0) is 24.4 Å². The molecule has 0 radical (unpaired) electrons. The molecule has 6 heteroatoms. The Kier molecular flexibility index (Phi) is 4.98. The molecule has 0 unspecified atom stereocenters. The summed E-state index contributed by atoms with van der Waals surface area (Å²) in [5.74, 6) is -1.19. The van der Waals surface area contributed by atoms with Gasteiger partial charge in [0.1, 0.15) is 0 Å². The minimum atomic E-state index is -0.596. The predicted octanol–water partition coefficient (Wildman–Crippen LogP) is -1.20. The zero-order valence-corrected chi connectivity index (χ0v) is 4.46. The summed E-state index contributed by atoms with van der Waals surface area (Å²) in [6.07, 6.45) is 0.0255. The van der Waals surface area contributed by atoms with E-state index in [1.807, 2.05) is 0 Å². The molecule has 1 aliphatic heterocycles. The van der Waals surface area contributed by atoms with Crippen LogP contribution in [0.3, 0.4) is 0 Å². The molecule has 0 amide bonds. The predicted molar refractivity (Wildman–Crippen MR) is 31.0 cm³/mol. The van der Waals surface area contributed by atoms with Crippen LogP contribution >= 0.6 is 0 Å². The van der Waals surface area contributed by atoms with Gasteiger partial charge < -0.3 is 0 Å². The molecule has 0 saturated carbocycles. The SMILES string of the molecule is O=C1CCC(=O)OOO1.[CaH2]. The van der Waals surface area contributed by atoms with Crippen molar-refractivity contribution in [3.8, 4) is 0 Å². The molecule has 1 fully saturated rings. The number of rotatable bonds is 0. The third-order valence-corrected chi connectivity index (χ3v) is 0.787. The Balaban J connectivity index is 0.000000810. The van der Waals surface area contributed by atoms with Crippen LogP contribution in [0.15, 0.2) is 0 Å². The van der Waals surface area contributed by atoms with E-state index in [0.717, 1.165) is 0 Å². The van der Waals surface area contributed by atoms with Crippen molar-refractivity contribution in [2.75, 3.05) is 0 Å². The van der Waals surface area contributed by atoms with Gasteiger partial charge in [0.25, 0.3) is 0 Å². The van der Waals surface area contributed by atoms with Crippen LogP contribution in [0, 0.1) is 0 Å². The quantitative estimate of drug-likeness (QED) is 0.341. The van der Waals surface area contributed by atoms with Gasteiger partial charge in [-0.2, -0.15) is 0 Å². The first-order valence-corrected chi connectivity index (χ1v) is 2.36. The zero-order chi connectivity index (χ0) is 6.69. The van der Waals surface area contributed by atoms with Crippen molar-refractivity contribution in [2.45, 2.75) is 12.8 Å². The van der Waals surface area contributed by atoms with Gasteiger partial charge in [0.05, 0.1) is 12.8 Å². The van der Waals surface area contributed by atoms with Crippen molar-refractivity contribution < 1.29 is 24.4 Å². The fourth-order valence-corrected chi connectivity index (χ4v) is 0.380. The first-order chi connectivity index (χ1) is 4.29. The molecule has 0 spiro atoms. The summed E-state index contributed by atoms with van der Waals surface area (Å²) in [5.41, 5.74) is 0. The van der Waals surface area contributed by atoms with E-state index in [1.165, 1.54) is 0 Å². The van der Waals surface area contributed by atoms with Crippen LogP contribution < -0.4 is 0 Å². The molecule has 0 aromatic heterocycles. The van der Waals surface area contributed by atoms with Gasteiger partial charge in [-0.15, -0.1) is 0 Å². The van der Waals surface area contributed by atoms with Crippen LogP contribution in [0.2, 0.25) is 0 Å². The molecule has 0 aromatic carbocycles. The van der Waals surface area contributed by atoms with E-state index in [4.69, 9.17) is 0 Å². The Morgan fingerprint density at radius 3 is 1.80 bits per heavy atom. The van der Waals surface area contributed by atoms with Gasteiger partial charge in [0.2, 0.25) is 0 Å². The van der Waals surface area contributed by atoms with E-state index in [1.54, 1.807) is 0 Å². The minimum absolute atomic E-state index is 0. The molecule has 1 heterocycles. The second kappa shape index (κ2) is 4.90. The van der Waals surface area contributed by atoms with Crippen LogP contribution in [0.1, 0.15) is 12.8 Å². The Hall–Kier alpha value is 0.160. The first kappa shape index (κ1) is 10.2. The molecule has 0 N–H and O–H groups in total. The van der Waals surface area contributed by atoms with Crippen LogP contribution in [0.4, 0.5) is 0 Å². The zero-order valence-electron chi connectivity index (χ0n) is 4.46. The Morgan fingerprint density at radius 2 is 1.40 bits per heavy atom. The Morgan fingerprint density at radius 1 is 1.00 bits per heavy atom. The van der Waals surface area contributed by atoms with Gasteiger partial charge in [-0.05, 0) is 0 Å². The summed E-state index contributed by atoms with van der Waals surface area (Å²) in [6.45, 7) is 0. The molecule has 54 valence electrons. The van der Waals surface area contributed by atoms with Crippen molar-refractivity contribution >= 4 is 49.7 Å². The third kappa shape index (κ3) is 3.36. The monoisotopic (exact) mass is 174 g/mol. The molecular formula is C4H6CaO5. The standard InChI is InChI=1S/C4H4O5.Ca.2H/c5-3-1-2-4(6)8-9-7-3;;;/h1-2H2;;;. The summed E-state index contributed by atoms with van der Waals surface area (Å²) in [4.78, 5) is 28.3. The van der Waals surface area contributed by atoms with E-state index in [0.29, 0.717) is 0 Å². The molecule has 0 aliphatic carbocycles. The van der Waals surface area contributed by atoms with Crippen LogP contribution in [0.25, 0.3) is 0 Å². The topological polar surface area (TPSA) is 61.8 Å². The summed E-state index contributed by atoms with van der Waals surface area (Å²) in [7, 11) is 0. The van der Waals surface area contributed by atoms with Crippen molar-refractivity contribution in [1.82, 2.24) is 0 Å². The summed E-state index contributed by atoms with van der Waals surface area (Å²) >= 11 is 0. The number of carbonyl (C=O) groups is 2. The molecule has 1 saturated heterocycles. The van der Waals surface area contributed by atoms with Gasteiger partial charge in [-0.3, -0.25) is 9.78 Å². The Bertz CT molecular complexity index is 129. The average Bonchev–Trinajstić information content (AvgIpc) is 1.97. The van der Waals surface area contributed by atoms with Gasteiger partial charge in [-0.25, -0.2) is 9.59 Å². The molecule has 1 rings (SSSR count). The molecule has 5 nitrogen and oxygen atoms in total. The number of hydrogen-bond donors (Lipinski definition) is 0. The van der Waals surface area contributed by atoms with E-state index >= 15 is 0 Å². The van der Waals surface area contributed by atoms with Gasteiger partial charge >= 0.3 is 49.7 Å². The molecular weight excluding hydrogens is 168 g/mol. The van der Waals surface area contributed by atoms with Crippen molar-refractivity contribution in [3.05, 3.63) is 0 Å². The van der Waals surface area contributed by atoms with Gasteiger partial charge in [0.15, 0.2) is 0 Å². The van der Waals surface area contributed by atoms with Crippen molar-refractivity contribution in [2.24, 2.45) is 0 Å². The third-order valence-electron chi connectivity index (χ3n) is 0.787. The number of hydrogen-bond acceptors (Lipinski definition) is 5. The van der Waals surface area contributed by atoms with Crippen LogP contribution in [-0.4, -0.2) is 49.7 Å². The Labute approximate surface area is 86.5 Å². The van der Waals surface area contributed by atoms with Gasteiger partial charge in [-0.1, -0.05) is 0 Å². The fraction of sp³-hybridized carbons (Fsp3) is 0.500. The maximum atomic E-state index is 10.2. The fourth-order valence-electron chi connectivity index (χ4n) is 0.380. The second-order valence-electron chi connectivity index (χ2n) is 1.48. The second-order valence-corrected chi connectivity index (χ2v) is 1.48. The molecule has 0 atom stereocenters. The van der Waals surface area contributed by atoms with Crippen LogP contribution in [0.5, 0.6) is 0 Å². The number of carbonyl (C=O) groups excluding carboxylic acids is 2. The summed E-state index contributed by atoms with van der Waals surface area (Å²) in [6, 6.07) is 0. The normalized spacial score (nSPS) is 18.0. The van der Waals surface area contributed by atoms with Crippen molar-refractivity contribution in [3.63, 3.8) is 0 Å². The molecule has 10 heavy (non-hydrogen) atoms. The van der Waals surface area contributed by atoms with E-state index in [2.05, 4.69) is 14.8 Å². The first-order valence-electron chi connectivity index (χ1n) is 2.36. The molecule has 0 bridgehead atoms. The average molecular weight is 174 g/mol. The molecule has 1 aliphatic rings. The molecule has 0 aromatic rings. The van der Waals surface area contributed by atoms with E-state index in [9.17, 15) is 9.59 Å². The van der Waals surface area contributed by atoms with Gasteiger partial charge in [0, 0.05) is 5.04 Å². The van der Waals surface area contributed by atoms with Crippen molar-refractivity contribution in [1.29, 1.82) is 0 Å². The van der Waals surface area contributed by atoms with E-state index < -0.39 is 11.9 Å².